The maximum Gasteiger partial charge on any atom is 0.263 e. The molecule has 2 aromatic rings. The van der Waals surface area contributed by atoms with Crippen molar-refractivity contribution in [2.75, 3.05) is 46.8 Å². The van der Waals surface area contributed by atoms with Crippen LogP contribution in [0.4, 0.5) is 0 Å². The number of nitrogens with zero attached hydrogens (tertiary/aromatic N) is 3. The van der Waals surface area contributed by atoms with E-state index in [-0.39, 0.29) is 11.8 Å². The lowest BCUT2D eigenvalue weighted by Crippen LogP contribution is -2.39. The lowest BCUT2D eigenvalue weighted by molar-refractivity contribution is -0.131. The van der Waals surface area contributed by atoms with Crippen LogP contribution in [0.1, 0.15) is 41.4 Å². The van der Waals surface area contributed by atoms with Gasteiger partial charge >= 0.3 is 0 Å². The highest BCUT2D eigenvalue weighted by Gasteiger charge is 2.32. The molecule has 3 rings (SSSR count). The van der Waals surface area contributed by atoms with Crippen LogP contribution in [-0.4, -0.2) is 73.3 Å². The van der Waals surface area contributed by atoms with E-state index >= 15 is 0 Å². The largest absolute Gasteiger partial charge is 0.344 e. The third kappa shape index (κ3) is 4.01. The van der Waals surface area contributed by atoms with Gasteiger partial charge in [-0.2, -0.15) is 0 Å². The summed E-state index contributed by atoms with van der Waals surface area (Å²) in [5.74, 6) is 0.564. The number of benzene rings is 1. The van der Waals surface area contributed by atoms with Gasteiger partial charge in [-0.15, -0.1) is 11.3 Å². The highest BCUT2D eigenvalue weighted by molar-refractivity contribution is 7.21. The summed E-state index contributed by atoms with van der Waals surface area (Å²) >= 11 is 1.59. The third-order valence-electron chi connectivity index (χ3n) is 5.39. The molecule has 2 amide bonds. The number of amides is 2. The Kier molecular flexibility index (Phi) is 6.17. The summed E-state index contributed by atoms with van der Waals surface area (Å²) in [5.41, 5.74) is 1.17. The van der Waals surface area contributed by atoms with Gasteiger partial charge in [-0.05, 0) is 43.8 Å². The molecule has 1 aromatic carbocycles. The zero-order chi connectivity index (χ0) is 19.6. The van der Waals surface area contributed by atoms with Gasteiger partial charge in [0.25, 0.3) is 5.91 Å². The van der Waals surface area contributed by atoms with Crippen molar-refractivity contribution >= 4 is 33.2 Å². The van der Waals surface area contributed by atoms with Crippen molar-refractivity contribution in [3.05, 3.63) is 34.7 Å². The molecule has 0 aliphatic carbocycles. The first-order valence-corrected chi connectivity index (χ1v) is 10.5. The van der Waals surface area contributed by atoms with Crippen LogP contribution in [0.5, 0.6) is 0 Å². The van der Waals surface area contributed by atoms with E-state index in [4.69, 9.17) is 0 Å². The van der Waals surface area contributed by atoms with Crippen LogP contribution in [0.3, 0.4) is 0 Å². The Morgan fingerprint density at radius 3 is 2.56 bits per heavy atom. The van der Waals surface area contributed by atoms with Crippen LogP contribution < -0.4 is 0 Å². The van der Waals surface area contributed by atoms with Crippen molar-refractivity contribution in [2.24, 2.45) is 0 Å². The smallest absolute Gasteiger partial charge is 0.263 e. The fraction of sp³-hybridized carbons (Fsp3) is 0.524. The van der Waals surface area contributed by atoms with Crippen molar-refractivity contribution < 1.29 is 9.59 Å². The number of likely N-dealkylation sites (N-methyl/N-ethyl adjacent to an activating group) is 1. The first-order valence-electron chi connectivity index (χ1n) is 9.69. The number of rotatable bonds is 6. The van der Waals surface area contributed by atoms with Crippen LogP contribution in [-0.2, 0) is 4.79 Å². The summed E-state index contributed by atoms with van der Waals surface area (Å²) in [6.07, 6.45) is 0.986. The average Bonchev–Trinajstić information content (AvgIpc) is 3.25. The molecule has 6 heteroatoms. The SMILES string of the molecule is CCN(CC)C(=O)CN1CC[C@H](c2c(C(=O)N(C)C)sc3ccccc23)C1. The van der Waals surface area contributed by atoms with Crippen LogP contribution in [0.15, 0.2) is 24.3 Å². The predicted octanol–water partition coefficient (Wildman–Crippen LogP) is 3.26. The Morgan fingerprint density at radius 2 is 1.89 bits per heavy atom. The van der Waals surface area contributed by atoms with Gasteiger partial charge in [0.15, 0.2) is 0 Å². The molecule has 0 N–H and O–H groups in total. The summed E-state index contributed by atoms with van der Waals surface area (Å²) < 4.78 is 1.16. The number of carbonyl (C=O) groups excluding carboxylic acids is 2. The standard InChI is InChI=1S/C21H29N3O2S/c1-5-24(6-2)18(25)14-23-12-11-15(13-23)19-16-9-7-8-10-17(16)27-20(19)21(26)22(3)4/h7-10,15H,5-6,11-14H2,1-4H3/t15-/m0/s1. The number of hydrogen-bond donors (Lipinski definition) is 0. The zero-order valence-corrected chi connectivity index (χ0v) is 17.5. The Labute approximate surface area is 165 Å². The Morgan fingerprint density at radius 1 is 1.19 bits per heavy atom. The summed E-state index contributed by atoms with van der Waals surface area (Å²) in [6.45, 7) is 7.75. The van der Waals surface area contributed by atoms with Gasteiger partial charge in [0.2, 0.25) is 5.91 Å². The topological polar surface area (TPSA) is 43.9 Å². The maximum absolute atomic E-state index is 12.8. The first-order chi connectivity index (χ1) is 13.0. The molecule has 1 aliphatic heterocycles. The number of carbonyl (C=O) groups is 2. The maximum atomic E-state index is 12.8. The van der Waals surface area contributed by atoms with Crippen molar-refractivity contribution in [2.45, 2.75) is 26.2 Å². The molecular formula is C21H29N3O2S. The summed E-state index contributed by atoms with van der Waals surface area (Å²) in [6, 6.07) is 8.28. The fourth-order valence-corrected chi connectivity index (χ4v) is 5.22. The minimum Gasteiger partial charge on any atom is -0.344 e. The van der Waals surface area contributed by atoms with Crippen molar-refractivity contribution in [1.82, 2.24) is 14.7 Å². The Balaban J connectivity index is 1.85. The molecular weight excluding hydrogens is 358 g/mol. The van der Waals surface area contributed by atoms with E-state index in [1.807, 2.05) is 30.9 Å². The molecule has 1 saturated heterocycles. The quantitative estimate of drug-likeness (QED) is 0.764. The number of fused-ring (bicyclic) bond motifs is 1. The highest BCUT2D eigenvalue weighted by atomic mass is 32.1. The summed E-state index contributed by atoms with van der Waals surface area (Å²) in [5, 5.41) is 1.19. The van der Waals surface area contributed by atoms with Gasteiger partial charge in [0, 0.05) is 44.3 Å². The second-order valence-corrected chi connectivity index (χ2v) is 8.38. The molecule has 1 aliphatic rings. The lowest BCUT2D eigenvalue weighted by atomic mass is 9.95. The molecule has 146 valence electrons. The lowest BCUT2D eigenvalue weighted by Gasteiger charge is -2.23. The molecule has 0 saturated carbocycles. The minimum absolute atomic E-state index is 0.0730. The van der Waals surface area contributed by atoms with E-state index in [9.17, 15) is 9.59 Å². The molecule has 1 atom stereocenters. The number of thiophene rings is 1. The molecule has 2 heterocycles. The van der Waals surface area contributed by atoms with Crippen LogP contribution in [0.25, 0.3) is 10.1 Å². The molecule has 1 aromatic heterocycles. The van der Waals surface area contributed by atoms with Gasteiger partial charge in [-0.3, -0.25) is 14.5 Å². The van der Waals surface area contributed by atoms with Crippen molar-refractivity contribution in [3.63, 3.8) is 0 Å². The van der Waals surface area contributed by atoms with Gasteiger partial charge in [-0.1, -0.05) is 18.2 Å². The van der Waals surface area contributed by atoms with E-state index in [2.05, 4.69) is 17.0 Å². The molecule has 5 nitrogen and oxygen atoms in total. The highest BCUT2D eigenvalue weighted by Crippen LogP contribution is 2.40. The first kappa shape index (κ1) is 19.8. The van der Waals surface area contributed by atoms with Gasteiger partial charge in [0.1, 0.15) is 0 Å². The Hall–Kier alpha value is -1.92. The van der Waals surface area contributed by atoms with E-state index in [0.717, 1.165) is 42.2 Å². The fourth-order valence-electron chi connectivity index (χ4n) is 3.91. The normalized spacial score (nSPS) is 17.4. The second-order valence-electron chi connectivity index (χ2n) is 7.33. The molecule has 0 bridgehead atoms. The second kappa shape index (κ2) is 8.40. The van der Waals surface area contributed by atoms with E-state index < -0.39 is 0 Å². The van der Waals surface area contributed by atoms with Crippen molar-refractivity contribution in [3.8, 4) is 0 Å². The summed E-state index contributed by atoms with van der Waals surface area (Å²) in [4.78, 5) is 31.9. The third-order valence-corrected chi connectivity index (χ3v) is 6.56. The Bertz CT molecular complexity index is 826. The minimum atomic E-state index is 0.0730. The average molecular weight is 388 g/mol. The molecule has 0 radical (unpaired) electrons. The van der Waals surface area contributed by atoms with Gasteiger partial charge in [-0.25, -0.2) is 0 Å². The zero-order valence-electron chi connectivity index (χ0n) is 16.7. The molecule has 27 heavy (non-hydrogen) atoms. The van der Waals surface area contributed by atoms with Crippen LogP contribution in [0, 0.1) is 0 Å². The number of likely N-dealkylation sites (tertiary alicyclic amines) is 1. The number of hydrogen-bond acceptors (Lipinski definition) is 4. The van der Waals surface area contributed by atoms with Gasteiger partial charge < -0.3 is 9.80 Å². The predicted molar refractivity (Wildman–Crippen MR) is 112 cm³/mol. The van der Waals surface area contributed by atoms with Crippen LogP contribution >= 0.6 is 11.3 Å². The molecule has 1 fully saturated rings. The molecule has 0 spiro atoms. The monoisotopic (exact) mass is 387 g/mol. The van der Waals surface area contributed by atoms with Gasteiger partial charge in [0.05, 0.1) is 11.4 Å². The summed E-state index contributed by atoms with van der Waals surface area (Å²) in [7, 11) is 3.61. The van der Waals surface area contributed by atoms with Crippen molar-refractivity contribution in [1.29, 1.82) is 0 Å². The van der Waals surface area contributed by atoms with Crippen LogP contribution in [0.2, 0.25) is 0 Å². The van der Waals surface area contributed by atoms with E-state index in [0.29, 0.717) is 12.5 Å². The molecule has 0 unspecified atom stereocenters. The van der Waals surface area contributed by atoms with E-state index in [1.54, 1.807) is 30.3 Å². The van der Waals surface area contributed by atoms with E-state index in [1.165, 1.54) is 10.9 Å².